The van der Waals surface area contributed by atoms with E-state index < -0.39 is 0 Å². The molecule has 2 N–H and O–H groups in total. The highest BCUT2D eigenvalue weighted by Gasteiger charge is 2.27. The van der Waals surface area contributed by atoms with Crippen molar-refractivity contribution in [3.8, 4) is 0 Å². The summed E-state index contributed by atoms with van der Waals surface area (Å²) in [4.78, 5) is 2.51. The molecule has 4 heteroatoms. The van der Waals surface area contributed by atoms with Crippen molar-refractivity contribution in [1.29, 1.82) is 0 Å². The van der Waals surface area contributed by atoms with Gasteiger partial charge in [0.2, 0.25) is 0 Å². The Morgan fingerprint density at radius 2 is 1.95 bits per heavy atom. The molecule has 0 atom stereocenters. The van der Waals surface area contributed by atoms with Gasteiger partial charge in [0.15, 0.2) is 0 Å². The van der Waals surface area contributed by atoms with Crippen LogP contribution in [0.25, 0.3) is 0 Å². The summed E-state index contributed by atoms with van der Waals surface area (Å²) in [5.74, 6) is 0.619. The molecule has 0 radical (unpaired) electrons. The Bertz CT molecular complexity index is 456. The molecule has 1 aliphatic carbocycles. The van der Waals surface area contributed by atoms with E-state index in [0.717, 1.165) is 29.5 Å². The lowest BCUT2D eigenvalue weighted by molar-refractivity contribution is 0.0653. The molecule has 0 unspecified atom stereocenters. The summed E-state index contributed by atoms with van der Waals surface area (Å²) in [6.07, 6.45) is 5.09. The van der Waals surface area contributed by atoms with Gasteiger partial charge in [0, 0.05) is 24.2 Å². The highest BCUT2D eigenvalue weighted by atomic mass is 79.9. The molecule has 1 fully saturated rings. The molecule has 0 amide bonds. The standard InChI is InChI=1S/C17H27BrN2O/c1-12(2)11-20(14-5-7-15(21-3)8-6-14)17-9-4-13(18)10-16(17)19/h4,9-10,12,14-15H,5-8,11,19H2,1-3H3. The molecule has 0 aromatic heterocycles. The molecule has 0 saturated heterocycles. The molecule has 1 aliphatic rings. The lowest BCUT2D eigenvalue weighted by Gasteiger charge is -2.39. The maximum absolute atomic E-state index is 6.26. The van der Waals surface area contributed by atoms with Gasteiger partial charge in [-0.3, -0.25) is 0 Å². The molecule has 0 bridgehead atoms. The first-order valence-electron chi connectivity index (χ1n) is 7.85. The number of hydrogen-bond acceptors (Lipinski definition) is 3. The van der Waals surface area contributed by atoms with Crippen molar-refractivity contribution >= 4 is 27.3 Å². The first-order valence-corrected chi connectivity index (χ1v) is 8.65. The highest BCUT2D eigenvalue weighted by molar-refractivity contribution is 9.10. The Morgan fingerprint density at radius 3 is 2.48 bits per heavy atom. The zero-order chi connectivity index (χ0) is 15.4. The third-order valence-corrected chi connectivity index (χ3v) is 4.77. The summed E-state index contributed by atoms with van der Waals surface area (Å²) in [6.45, 7) is 5.58. The summed E-state index contributed by atoms with van der Waals surface area (Å²) < 4.78 is 6.53. The number of anilines is 2. The highest BCUT2D eigenvalue weighted by Crippen LogP contribution is 2.33. The largest absolute Gasteiger partial charge is 0.397 e. The number of rotatable bonds is 5. The summed E-state index contributed by atoms with van der Waals surface area (Å²) in [5.41, 5.74) is 8.30. The molecule has 118 valence electrons. The van der Waals surface area contributed by atoms with Gasteiger partial charge < -0.3 is 15.4 Å². The smallest absolute Gasteiger partial charge is 0.0603 e. The fourth-order valence-corrected chi connectivity index (χ4v) is 3.60. The quantitative estimate of drug-likeness (QED) is 0.793. The van der Waals surface area contributed by atoms with Crippen LogP contribution >= 0.6 is 15.9 Å². The normalized spacial score (nSPS) is 22.5. The maximum atomic E-state index is 6.26. The van der Waals surface area contributed by atoms with E-state index in [-0.39, 0.29) is 0 Å². The molecule has 0 heterocycles. The van der Waals surface area contributed by atoms with Crippen molar-refractivity contribution in [2.45, 2.75) is 51.7 Å². The molecule has 1 saturated carbocycles. The zero-order valence-electron chi connectivity index (χ0n) is 13.3. The number of nitrogens with two attached hydrogens (primary N) is 1. The van der Waals surface area contributed by atoms with Crippen molar-refractivity contribution in [3.05, 3.63) is 22.7 Å². The summed E-state index contributed by atoms with van der Waals surface area (Å²) in [7, 11) is 1.82. The molecular weight excluding hydrogens is 328 g/mol. The third kappa shape index (κ3) is 4.36. The van der Waals surface area contributed by atoms with Crippen LogP contribution in [0.5, 0.6) is 0 Å². The van der Waals surface area contributed by atoms with Gasteiger partial charge in [0.05, 0.1) is 17.5 Å². The fraction of sp³-hybridized carbons (Fsp3) is 0.647. The minimum Gasteiger partial charge on any atom is -0.397 e. The number of nitrogen functional groups attached to an aromatic ring is 1. The van der Waals surface area contributed by atoms with Crippen LogP contribution in [0, 0.1) is 5.92 Å². The first kappa shape index (κ1) is 16.6. The number of hydrogen-bond donors (Lipinski definition) is 1. The Labute approximate surface area is 137 Å². The van der Waals surface area contributed by atoms with E-state index in [1.165, 1.54) is 18.5 Å². The number of halogens is 1. The predicted octanol–water partition coefficient (Wildman–Crippen LogP) is 4.45. The Kier molecular flexibility index (Phi) is 5.94. The van der Waals surface area contributed by atoms with Gasteiger partial charge in [-0.25, -0.2) is 0 Å². The minimum atomic E-state index is 0.435. The van der Waals surface area contributed by atoms with E-state index in [4.69, 9.17) is 10.5 Å². The number of benzene rings is 1. The van der Waals surface area contributed by atoms with Crippen LogP contribution in [-0.2, 0) is 4.74 Å². The van der Waals surface area contributed by atoms with Gasteiger partial charge in [-0.2, -0.15) is 0 Å². The second-order valence-electron chi connectivity index (χ2n) is 6.42. The molecule has 3 nitrogen and oxygen atoms in total. The van der Waals surface area contributed by atoms with Gasteiger partial charge in [-0.1, -0.05) is 29.8 Å². The van der Waals surface area contributed by atoms with Crippen LogP contribution in [-0.4, -0.2) is 25.8 Å². The van der Waals surface area contributed by atoms with Gasteiger partial charge in [0.1, 0.15) is 0 Å². The van der Waals surface area contributed by atoms with Crippen molar-refractivity contribution in [2.75, 3.05) is 24.3 Å². The monoisotopic (exact) mass is 354 g/mol. The van der Waals surface area contributed by atoms with Crippen LogP contribution < -0.4 is 10.6 Å². The van der Waals surface area contributed by atoms with E-state index in [9.17, 15) is 0 Å². The Hall–Kier alpha value is -0.740. The van der Waals surface area contributed by atoms with Gasteiger partial charge in [-0.05, 0) is 49.8 Å². The Morgan fingerprint density at radius 1 is 1.29 bits per heavy atom. The third-order valence-electron chi connectivity index (χ3n) is 4.28. The van der Waals surface area contributed by atoms with E-state index in [1.807, 2.05) is 13.2 Å². The molecule has 1 aromatic carbocycles. The van der Waals surface area contributed by atoms with Crippen LogP contribution in [0.3, 0.4) is 0 Å². The average molecular weight is 355 g/mol. The van der Waals surface area contributed by atoms with E-state index in [2.05, 4.69) is 46.8 Å². The summed E-state index contributed by atoms with van der Waals surface area (Å²) in [5, 5.41) is 0. The van der Waals surface area contributed by atoms with Crippen molar-refractivity contribution in [1.82, 2.24) is 0 Å². The summed E-state index contributed by atoms with van der Waals surface area (Å²) >= 11 is 3.49. The molecule has 2 rings (SSSR count). The second kappa shape index (κ2) is 7.50. The minimum absolute atomic E-state index is 0.435. The number of nitrogens with zero attached hydrogens (tertiary/aromatic N) is 1. The van der Waals surface area contributed by atoms with Gasteiger partial charge in [-0.15, -0.1) is 0 Å². The van der Waals surface area contributed by atoms with Crippen LogP contribution in [0.4, 0.5) is 11.4 Å². The number of methoxy groups -OCH3 is 1. The fourth-order valence-electron chi connectivity index (χ4n) is 3.22. The zero-order valence-corrected chi connectivity index (χ0v) is 14.9. The van der Waals surface area contributed by atoms with E-state index in [1.54, 1.807) is 0 Å². The molecule has 0 aliphatic heterocycles. The number of ether oxygens (including phenoxy) is 1. The molecule has 21 heavy (non-hydrogen) atoms. The average Bonchev–Trinajstić information content (AvgIpc) is 2.45. The van der Waals surface area contributed by atoms with Crippen LogP contribution in [0.2, 0.25) is 0 Å². The van der Waals surface area contributed by atoms with E-state index >= 15 is 0 Å². The predicted molar refractivity (Wildman–Crippen MR) is 93.8 cm³/mol. The summed E-state index contributed by atoms with van der Waals surface area (Å²) in [6, 6.07) is 6.80. The SMILES string of the molecule is COC1CCC(N(CC(C)C)c2ccc(Br)cc2N)CC1. The molecule has 0 spiro atoms. The Balaban J connectivity index is 2.18. The van der Waals surface area contributed by atoms with E-state index in [0.29, 0.717) is 18.1 Å². The first-order chi connectivity index (χ1) is 10.0. The van der Waals surface area contributed by atoms with Crippen molar-refractivity contribution in [2.24, 2.45) is 5.92 Å². The molecular formula is C17H27BrN2O. The second-order valence-corrected chi connectivity index (χ2v) is 7.33. The van der Waals surface area contributed by atoms with Crippen molar-refractivity contribution < 1.29 is 4.74 Å². The van der Waals surface area contributed by atoms with Crippen LogP contribution in [0.1, 0.15) is 39.5 Å². The lowest BCUT2D eigenvalue weighted by Crippen LogP contribution is -2.41. The van der Waals surface area contributed by atoms with Gasteiger partial charge >= 0.3 is 0 Å². The van der Waals surface area contributed by atoms with Crippen LogP contribution in [0.15, 0.2) is 22.7 Å². The van der Waals surface area contributed by atoms with Crippen molar-refractivity contribution in [3.63, 3.8) is 0 Å². The van der Waals surface area contributed by atoms with Gasteiger partial charge in [0.25, 0.3) is 0 Å². The maximum Gasteiger partial charge on any atom is 0.0603 e. The lowest BCUT2D eigenvalue weighted by atomic mass is 9.91. The topological polar surface area (TPSA) is 38.5 Å². The molecule has 1 aromatic rings.